The molecule has 0 saturated carbocycles. The van der Waals surface area contributed by atoms with Crippen LogP contribution in [0.15, 0.2) is 28.1 Å². The van der Waals surface area contributed by atoms with Gasteiger partial charge < -0.3 is 0 Å². The van der Waals surface area contributed by atoms with Crippen LogP contribution in [0.25, 0.3) is 0 Å². The summed E-state index contributed by atoms with van der Waals surface area (Å²) in [7, 11) is 0. The summed E-state index contributed by atoms with van der Waals surface area (Å²) in [5, 5.41) is 0. The first-order valence-electron chi connectivity index (χ1n) is 3.99. The third-order valence-electron chi connectivity index (χ3n) is 1.48. The Morgan fingerprint density at radius 3 is 2.56 bits per heavy atom. The summed E-state index contributed by atoms with van der Waals surface area (Å²) in [4.78, 5) is 12.9. The van der Waals surface area contributed by atoms with Crippen LogP contribution in [0.4, 0.5) is 23.2 Å². The normalized spacial score (nSPS) is 11.0. The van der Waals surface area contributed by atoms with Crippen molar-refractivity contribution >= 4 is 23.5 Å². The maximum Gasteiger partial charge on any atom is 0.398 e. The maximum absolute atomic E-state index is 13.2. The van der Waals surface area contributed by atoms with Gasteiger partial charge >= 0.3 is 6.18 Å². The van der Waals surface area contributed by atoms with E-state index in [1.54, 1.807) is 0 Å². The highest BCUT2D eigenvalue weighted by Crippen LogP contribution is 2.30. The molecule has 0 heterocycles. The fourth-order valence-corrected chi connectivity index (χ4v) is 1.57. The summed E-state index contributed by atoms with van der Waals surface area (Å²) in [6, 6.07) is 3.26. The molecule has 0 radical (unpaired) electrons. The van der Waals surface area contributed by atoms with Gasteiger partial charge in [0.05, 0.1) is 11.4 Å². The molecule has 1 rings (SSSR count). The molecule has 86 valence electrons. The van der Waals surface area contributed by atoms with E-state index in [1.807, 2.05) is 0 Å². The lowest BCUT2D eigenvalue weighted by atomic mass is 10.3. The predicted molar refractivity (Wildman–Crippen MR) is 51.0 cm³/mol. The van der Waals surface area contributed by atoms with E-state index in [4.69, 9.17) is 0 Å². The van der Waals surface area contributed by atoms with Crippen molar-refractivity contribution in [3.05, 3.63) is 24.0 Å². The fourth-order valence-electron chi connectivity index (χ4n) is 0.889. The number of rotatable bonds is 3. The number of hydrogen-bond donors (Lipinski definition) is 0. The molecule has 0 aliphatic heterocycles. The molecular weight excluding hydrogens is 246 g/mol. The van der Waals surface area contributed by atoms with Gasteiger partial charge in [0.2, 0.25) is 6.08 Å². The minimum absolute atomic E-state index is 0.0175. The highest BCUT2D eigenvalue weighted by molar-refractivity contribution is 7.99. The first kappa shape index (κ1) is 12.7. The van der Waals surface area contributed by atoms with Gasteiger partial charge in [0, 0.05) is 11.0 Å². The largest absolute Gasteiger partial charge is 0.398 e. The summed E-state index contributed by atoms with van der Waals surface area (Å²) >= 11 is 0.341. The zero-order valence-electron chi connectivity index (χ0n) is 7.71. The first-order chi connectivity index (χ1) is 7.42. The Bertz CT molecular complexity index is 426. The lowest BCUT2D eigenvalue weighted by Gasteiger charge is -2.06. The number of halogens is 4. The summed E-state index contributed by atoms with van der Waals surface area (Å²) in [6.07, 6.45) is -3.14. The molecule has 1 aromatic rings. The number of thioether (sulfide) groups is 1. The second-order valence-electron chi connectivity index (χ2n) is 2.72. The van der Waals surface area contributed by atoms with E-state index in [-0.39, 0.29) is 10.6 Å². The number of aliphatic imine (C=N–C) groups is 1. The van der Waals surface area contributed by atoms with Gasteiger partial charge in [0.15, 0.2) is 0 Å². The van der Waals surface area contributed by atoms with Crippen molar-refractivity contribution in [2.45, 2.75) is 11.1 Å². The van der Waals surface area contributed by atoms with Gasteiger partial charge in [-0.2, -0.15) is 18.2 Å². The van der Waals surface area contributed by atoms with Crippen LogP contribution in [-0.2, 0) is 4.79 Å². The van der Waals surface area contributed by atoms with Crippen LogP contribution < -0.4 is 0 Å². The second-order valence-corrected chi connectivity index (χ2v) is 3.74. The molecule has 0 bridgehead atoms. The van der Waals surface area contributed by atoms with Gasteiger partial charge in [0.25, 0.3) is 0 Å². The molecule has 2 nitrogen and oxygen atoms in total. The van der Waals surface area contributed by atoms with Crippen molar-refractivity contribution < 1.29 is 22.4 Å². The quantitative estimate of drug-likeness (QED) is 0.356. The minimum atomic E-state index is -4.35. The van der Waals surface area contributed by atoms with Crippen LogP contribution in [0.2, 0.25) is 0 Å². The van der Waals surface area contributed by atoms with Gasteiger partial charge in [-0.3, -0.25) is 0 Å². The molecule has 0 spiro atoms. The maximum atomic E-state index is 13.2. The van der Waals surface area contributed by atoms with Crippen molar-refractivity contribution in [3.63, 3.8) is 0 Å². The molecule has 7 heteroatoms. The average molecular weight is 251 g/mol. The van der Waals surface area contributed by atoms with E-state index in [0.717, 1.165) is 12.1 Å². The summed E-state index contributed by atoms with van der Waals surface area (Å²) in [5.74, 6) is -2.01. The van der Waals surface area contributed by atoms with Gasteiger partial charge in [0.1, 0.15) is 5.82 Å². The van der Waals surface area contributed by atoms with E-state index in [1.165, 1.54) is 12.1 Å². The molecule has 16 heavy (non-hydrogen) atoms. The van der Waals surface area contributed by atoms with Gasteiger partial charge in [-0.15, -0.1) is 11.8 Å². The average Bonchev–Trinajstić information content (AvgIpc) is 2.15. The molecule has 0 N–H and O–H groups in total. The van der Waals surface area contributed by atoms with E-state index in [2.05, 4.69) is 4.99 Å². The van der Waals surface area contributed by atoms with Crippen LogP contribution in [0.1, 0.15) is 0 Å². The molecule has 0 fully saturated rings. The fraction of sp³-hybridized carbons (Fsp3) is 0.222. The first-order valence-corrected chi connectivity index (χ1v) is 4.98. The van der Waals surface area contributed by atoms with Crippen molar-refractivity contribution in [1.82, 2.24) is 0 Å². The smallest absolute Gasteiger partial charge is 0.211 e. The molecule has 0 amide bonds. The van der Waals surface area contributed by atoms with Crippen LogP contribution in [0, 0.1) is 5.82 Å². The molecule has 0 aromatic heterocycles. The Balaban J connectivity index is 2.79. The SMILES string of the molecule is O=C=Nc1ccc(SCC(F)(F)F)c(F)c1. The van der Waals surface area contributed by atoms with Crippen LogP contribution >= 0.6 is 11.8 Å². The Morgan fingerprint density at radius 2 is 2.06 bits per heavy atom. The lowest BCUT2D eigenvalue weighted by Crippen LogP contribution is -2.10. The molecule has 1 aromatic carbocycles. The Morgan fingerprint density at radius 1 is 1.38 bits per heavy atom. The Labute approximate surface area is 92.4 Å². The minimum Gasteiger partial charge on any atom is -0.211 e. The lowest BCUT2D eigenvalue weighted by molar-refractivity contribution is -0.105. The number of isocyanates is 1. The van der Waals surface area contributed by atoms with Gasteiger partial charge in [-0.25, -0.2) is 9.18 Å². The summed E-state index contributed by atoms with van der Waals surface area (Å²) < 4.78 is 48.8. The van der Waals surface area contributed by atoms with Crippen molar-refractivity contribution in [2.24, 2.45) is 4.99 Å². The van der Waals surface area contributed by atoms with Gasteiger partial charge in [-0.1, -0.05) is 0 Å². The summed E-state index contributed by atoms with van der Waals surface area (Å²) in [5.41, 5.74) is 0.0175. The van der Waals surface area contributed by atoms with Crippen molar-refractivity contribution in [2.75, 3.05) is 5.75 Å². The Hall–Kier alpha value is -1.33. The molecular formula is C9H5F4NOS. The second kappa shape index (κ2) is 5.14. The highest BCUT2D eigenvalue weighted by atomic mass is 32.2. The van der Waals surface area contributed by atoms with Crippen molar-refractivity contribution in [1.29, 1.82) is 0 Å². The van der Waals surface area contributed by atoms with Crippen LogP contribution in [0.5, 0.6) is 0 Å². The highest BCUT2D eigenvalue weighted by Gasteiger charge is 2.27. The zero-order chi connectivity index (χ0) is 12.2. The molecule has 0 atom stereocenters. The van der Waals surface area contributed by atoms with Gasteiger partial charge in [-0.05, 0) is 12.1 Å². The van der Waals surface area contributed by atoms with E-state index in [9.17, 15) is 22.4 Å². The van der Waals surface area contributed by atoms with E-state index < -0.39 is 17.7 Å². The van der Waals surface area contributed by atoms with Crippen molar-refractivity contribution in [3.8, 4) is 0 Å². The molecule has 0 unspecified atom stereocenters. The predicted octanol–water partition coefficient (Wildman–Crippen LogP) is 3.45. The topological polar surface area (TPSA) is 29.4 Å². The van der Waals surface area contributed by atoms with Crippen LogP contribution in [0.3, 0.4) is 0 Å². The third kappa shape index (κ3) is 4.04. The van der Waals surface area contributed by atoms with E-state index >= 15 is 0 Å². The monoisotopic (exact) mass is 251 g/mol. The standard InChI is InChI=1S/C9H5F4NOS/c10-7-3-6(14-5-15)1-2-8(7)16-4-9(11,12)13/h1-3H,4H2. The number of nitrogens with zero attached hydrogens (tertiary/aromatic N) is 1. The third-order valence-corrected chi connectivity index (χ3v) is 2.60. The summed E-state index contributed by atoms with van der Waals surface area (Å²) in [6.45, 7) is 0. The molecule has 0 saturated heterocycles. The molecule has 0 aliphatic carbocycles. The van der Waals surface area contributed by atoms with E-state index in [0.29, 0.717) is 11.8 Å². The number of alkyl halides is 3. The molecule has 0 aliphatic rings. The number of benzene rings is 1. The Kier molecular flexibility index (Phi) is 4.09. The van der Waals surface area contributed by atoms with Crippen LogP contribution in [-0.4, -0.2) is 18.0 Å². The number of hydrogen-bond acceptors (Lipinski definition) is 3. The zero-order valence-corrected chi connectivity index (χ0v) is 8.53. The number of carbonyl (C=O) groups excluding carboxylic acids is 1.